The SMILES string of the molecule is COc1cc(C(=O)NCCCCN)cc(Cl)c1OCC(C)C.Cl. The van der Waals surface area contributed by atoms with Crippen LogP contribution in [0, 0.1) is 5.92 Å². The molecule has 0 bridgehead atoms. The van der Waals surface area contributed by atoms with Gasteiger partial charge in [0.25, 0.3) is 5.91 Å². The van der Waals surface area contributed by atoms with Crippen molar-refractivity contribution in [3.63, 3.8) is 0 Å². The van der Waals surface area contributed by atoms with Crippen molar-refractivity contribution in [2.24, 2.45) is 11.7 Å². The lowest BCUT2D eigenvalue weighted by Crippen LogP contribution is -2.25. The lowest BCUT2D eigenvalue weighted by molar-refractivity contribution is 0.0952. The average Bonchev–Trinajstić information content (AvgIpc) is 2.49. The van der Waals surface area contributed by atoms with E-state index in [1.54, 1.807) is 12.1 Å². The number of carbonyl (C=O) groups is 1. The van der Waals surface area contributed by atoms with Crippen molar-refractivity contribution in [3.8, 4) is 11.5 Å². The highest BCUT2D eigenvalue weighted by Crippen LogP contribution is 2.36. The first-order valence-corrected chi connectivity index (χ1v) is 7.86. The molecule has 1 aromatic carbocycles. The number of carbonyl (C=O) groups excluding carboxylic acids is 1. The zero-order chi connectivity index (χ0) is 16.5. The second kappa shape index (κ2) is 11.4. The minimum atomic E-state index is -0.187. The Morgan fingerprint density at radius 3 is 2.61 bits per heavy atom. The van der Waals surface area contributed by atoms with Gasteiger partial charge in [-0.2, -0.15) is 0 Å². The first kappa shape index (κ1) is 21.8. The third kappa shape index (κ3) is 7.29. The van der Waals surface area contributed by atoms with Gasteiger partial charge in [0.15, 0.2) is 11.5 Å². The molecule has 0 saturated heterocycles. The molecule has 0 heterocycles. The van der Waals surface area contributed by atoms with Crippen LogP contribution in [0.25, 0.3) is 0 Å². The van der Waals surface area contributed by atoms with Crippen LogP contribution < -0.4 is 20.5 Å². The van der Waals surface area contributed by atoms with Crippen LogP contribution in [0.15, 0.2) is 12.1 Å². The number of hydrogen-bond acceptors (Lipinski definition) is 4. The maximum Gasteiger partial charge on any atom is 0.251 e. The molecule has 0 saturated carbocycles. The van der Waals surface area contributed by atoms with Gasteiger partial charge in [-0.25, -0.2) is 0 Å². The van der Waals surface area contributed by atoms with Crippen LogP contribution in [0.5, 0.6) is 11.5 Å². The highest BCUT2D eigenvalue weighted by Gasteiger charge is 2.16. The summed E-state index contributed by atoms with van der Waals surface area (Å²) in [6.45, 7) is 5.83. The largest absolute Gasteiger partial charge is 0.493 e. The second-order valence-corrected chi connectivity index (χ2v) is 5.85. The molecule has 0 radical (unpaired) electrons. The fourth-order valence-corrected chi connectivity index (χ4v) is 2.08. The highest BCUT2D eigenvalue weighted by molar-refractivity contribution is 6.32. The van der Waals surface area contributed by atoms with Gasteiger partial charge >= 0.3 is 0 Å². The minimum absolute atomic E-state index is 0. The van der Waals surface area contributed by atoms with Gasteiger partial charge in [-0.05, 0) is 37.4 Å². The number of nitrogens with two attached hydrogens (primary N) is 1. The van der Waals surface area contributed by atoms with Crippen molar-refractivity contribution in [1.29, 1.82) is 0 Å². The van der Waals surface area contributed by atoms with Crippen LogP contribution in [0.1, 0.15) is 37.0 Å². The van der Waals surface area contributed by atoms with E-state index in [0.717, 1.165) is 12.8 Å². The van der Waals surface area contributed by atoms with Crippen LogP contribution in [0.3, 0.4) is 0 Å². The van der Waals surface area contributed by atoms with Gasteiger partial charge in [-0.15, -0.1) is 12.4 Å². The Morgan fingerprint density at radius 1 is 1.35 bits per heavy atom. The van der Waals surface area contributed by atoms with Crippen LogP contribution in [0.2, 0.25) is 5.02 Å². The third-order valence-corrected chi connectivity index (χ3v) is 3.25. The predicted molar refractivity (Wildman–Crippen MR) is 96.2 cm³/mol. The molecular formula is C16H26Cl2N2O3. The summed E-state index contributed by atoms with van der Waals surface area (Å²) in [4.78, 5) is 12.1. The molecule has 0 spiro atoms. The number of nitrogens with one attached hydrogen (secondary N) is 1. The summed E-state index contributed by atoms with van der Waals surface area (Å²) in [6, 6.07) is 3.23. The van der Waals surface area contributed by atoms with Crippen molar-refractivity contribution in [2.45, 2.75) is 26.7 Å². The minimum Gasteiger partial charge on any atom is -0.493 e. The van der Waals surface area contributed by atoms with E-state index in [2.05, 4.69) is 5.32 Å². The zero-order valence-electron chi connectivity index (χ0n) is 13.9. The van der Waals surface area contributed by atoms with Crippen molar-refractivity contribution < 1.29 is 14.3 Å². The predicted octanol–water partition coefficient (Wildman–Crippen LogP) is 3.27. The molecule has 5 nitrogen and oxygen atoms in total. The lowest BCUT2D eigenvalue weighted by atomic mass is 10.1. The molecule has 0 fully saturated rings. The third-order valence-electron chi connectivity index (χ3n) is 2.97. The number of methoxy groups -OCH3 is 1. The molecular weight excluding hydrogens is 339 g/mol. The quantitative estimate of drug-likeness (QED) is 0.659. The molecule has 0 aliphatic heterocycles. The van der Waals surface area contributed by atoms with E-state index in [1.807, 2.05) is 13.8 Å². The summed E-state index contributed by atoms with van der Waals surface area (Å²) in [7, 11) is 1.52. The zero-order valence-corrected chi connectivity index (χ0v) is 15.4. The Balaban J connectivity index is 0.00000484. The summed E-state index contributed by atoms with van der Waals surface area (Å²) in [6.07, 6.45) is 1.73. The fourth-order valence-electron chi connectivity index (χ4n) is 1.81. The average molecular weight is 365 g/mol. The number of unbranched alkanes of at least 4 members (excludes halogenated alkanes) is 1. The van der Waals surface area contributed by atoms with Gasteiger partial charge in [0.1, 0.15) is 0 Å². The van der Waals surface area contributed by atoms with E-state index >= 15 is 0 Å². The van der Waals surface area contributed by atoms with Gasteiger partial charge in [0.05, 0.1) is 18.7 Å². The summed E-state index contributed by atoms with van der Waals surface area (Å²) in [5.41, 5.74) is 5.87. The molecule has 7 heteroatoms. The number of halogens is 2. The number of ether oxygens (including phenoxy) is 2. The first-order valence-electron chi connectivity index (χ1n) is 7.48. The summed E-state index contributed by atoms with van der Waals surface area (Å²) < 4.78 is 11.0. The Labute approximate surface area is 149 Å². The molecule has 0 unspecified atom stereocenters. The standard InChI is InChI=1S/C16H25ClN2O3.ClH/c1-11(2)10-22-15-13(17)8-12(9-14(15)21-3)16(20)19-7-5-4-6-18;/h8-9,11H,4-7,10,18H2,1-3H3,(H,19,20);1H. The van der Waals surface area contributed by atoms with E-state index in [4.69, 9.17) is 26.8 Å². The van der Waals surface area contributed by atoms with E-state index in [9.17, 15) is 4.79 Å². The van der Waals surface area contributed by atoms with E-state index in [-0.39, 0.29) is 18.3 Å². The van der Waals surface area contributed by atoms with Gasteiger partial charge in [-0.1, -0.05) is 25.4 Å². The fraction of sp³-hybridized carbons (Fsp3) is 0.562. The first-order chi connectivity index (χ1) is 10.5. The van der Waals surface area contributed by atoms with Crippen molar-refractivity contribution >= 4 is 29.9 Å². The molecule has 132 valence electrons. The molecule has 23 heavy (non-hydrogen) atoms. The summed E-state index contributed by atoms with van der Waals surface area (Å²) in [5.74, 6) is 1.11. The van der Waals surface area contributed by atoms with Crippen molar-refractivity contribution in [3.05, 3.63) is 22.7 Å². The van der Waals surface area contributed by atoms with Crippen LogP contribution in [-0.4, -0.2) is 32.7 Å². The Morgan fingerprint density at radius 2 is 2.04 bits per heavy atom. The lowest BCUT2D eigenvalue weighted by Gasteiger charge is -2.15. The van der Waals surface area contributed by atoms with Crippen LogP contribution >= 0.6 is 24.0 Å². The number of benzene rings is 1. The Bertz CT molecular complexity index is 496. The highest BCUT2D eigenvalue weighted by atomic mass is 35.5. The summed E-state index contributed by atoms with van der Waals surface area (Å²) in [5, 5.41) is 3.20. The molecule has 1 amide bonds. The molecule has 0 aliphatic carbocycles. The van der Waals surface area contributed by atoms with Crippen molar-refractivity contribution in [1.82, 2.24) is 5.32 Å². The topological polar surface area (TPSA) is 73.6 Å². The smallest absolute Gasteiger partial charge is 0.251 e. The van der Waals surface area contributed by atoms with Crippen LogP contribution in [0.4, 0.5) is 0 Å². The maximum absolute atomic E-state index is 12.1. The van der Waals surface area contributed by atoms with E-state index < -0.39 is 0 Å². The summed E-state index contributed by atoms with van der Waals surface area (Å²) >= 11 is 6.22. The molecule has 0 atom stereocenters. The van der Waals surface area contributed by atoms with E-state index in [0.29, 0.717) is 47.7 Å². The normalized spacial score (nSPS) is 10.2. The van der Waals surface area contributed by atoms with Gasteiger partial charge in [0.2, 0.25) is 0 Å². The Hall–Kier alpha value is -1.17. The monoisotopic (exact) mass is 364 g/mol. The molecule has 1 rings (SSSR count). The number of amides is 1. The van der Waals surface area contributed by atoms with Gasteiger partial charge in [0, 0.05) is 12.1 Å². The number of hydrogen-bond donors (Lipinski definition) is 2. The molecule has 3 N–H and O–H groups in total. The Kier molecular flexibility index (Phi) is 10.8. The molecule has 1 aromatic rings. The molecule has 0 aliphatic rings. The maximum atomic E-state index is 12.1. The molecule has 0 aromatic heterocycles. The van der Waals surface area contributed by atoms with E-state index in [1.165, 1.54) is 7.11 Å². The van der Waals surface area contributed by atoms with Gasteiger partial charge in [-0.3, -0.25) is 4.79 Å². The second-order valence-electron chi connectivity index (χ2n) is 5.45. The van der Waals surface area contributed by atoms with Gasteiger partial charge < -0.3 is 20.5 Å². The van der Waals surface area contributed by atoms with Crippen LogP contribution in [-0.2, 0) is 0 Å². The number of rotatable bonds is 9. The van der Waals surface area contributed by atoms with Crippen molar-refractivity contribution in [2.75, 3.05) is 26.8 Å².